The van der Waals surface area contributed by atoms with Crippen LogP contribution in [0.5, 0.6) is 0 Å². The van der Waals surface area contributed by atoms with Gasteiger partial charge in [0.2, 0.25) is 5.91 Å². The first-order valence-corrected chi connectivity index (χ1v) is 3.88. The van der Waals surface area contributed by atoms with Crippen molar-refractivity contribution in [2.75, 3.05) is 20.6 Å². The van der Waals surface area contributed by atoms with E-state index in [0.717, 1.165) is 13.0 Å². The SMILES string of the molecule is CN(C)NCC1CCC(=O)N1. The topological polar surface area (TPSA) is 44.4 Å². The number of nitrogens with one attached hydrogen (secondary N) is 2. The van der Waals surface area contributed by atoms with Crippen LogP contribution in [0.25, 0.3) is 0 Å². The summed E-state index contributed by atoms with van der Waals surface area (Å²) in [7, 11) is 3.88. The van der Waals surface area contributed by atoms with Gasteiger partial charge in [-0.25, -0.2) is 0 Å². The maximum absolute atomic E-state index is 10.7. The molecule has 11 heavy (non-hydrogen) atoms. The third-order valence-electron chi connectivity index (χ3n) is 1.74. The number of hydrogen-bond donors (Lipinski definition) is 2. The van der Waals surface area contributed by atoms with Crippen LogP contribution in [0.2, 0.25) is 0 Å². The zero-order valence-electron chi connectivity index (χ0n) is 7.05. The molecule has 0 saturated carbocycles. The average Bonchev–Trinajstić information content (AvgIpc) is 2.31. The molecule has 0 bridgehead atoms. The molecule has 1 aliphatic rings. The standard InChI is InChI=1S/C7H15N3O/c1-10(2)8-5-6-3-4-7(11)9-6/h6,8H,3-5H2,1-2H3,(H,9,11). The Labute approximate surface area is 66.9 Å². The summed E-state index contributed by atoms with van der Waals surface area (Å²) in [6.07, 6.45) is 1.64. The maximum atomic E-state index is 10.7. The molecule has 1 amide bonds. The van der Waals surface area contributed by atoms with E-state index in [1.54, 1.807) is 0 Å². The van der Waals surface area contributed by atoms with Crippen LogP contribution in [0.4, 0.5) is 0 Å². The molecule has 1 rings (SSSR count). The van der Waals surface area contributed by atoms with Gasteiger partial charge < -0.3 is 5.32 Å². The fraction of sp³-hybridized carbons (Fsp3) is 0.857. The summed E-state index contributed by atoms with van der Waals surface area (Å²) >= 11 is 0. The first-order chi connectivity index (χ1) is 5.18. The highest BCUT2D eigenvalue weighted by atomic mass is 16.1. The Morgan fingerprint density at radius 2 is 2.45 bits per heavy atom. The van der Waals surface area contributed by atoms with Crippen molar-refractivity contribution >= 4 is 5.91 Å². The average molecular weight is 157 g/mol. The molecule has 4 nitrogen and oxygen atoms in total. The van der Waals surface area contributed by atoms with Gasteiger partial charge >= 0.3 is 0 Å². The molecule has 0 aromatic rings. The van der Waals surface area contributed by atoms with E-state index in [1.165, 1.54) is 0 Å². The lowest BCUT2D eigenvalue weighted by atomic mass is 10.2. The number of nitrogens with zero attached hydrogens (tertiary/aromatic N) is 1. The van der Waals surface area contributed by atoms with Crippen LogP contribution in [-0.2, 0) is 4.79 Å². The summed E-state index contributed by atoms with van der Waals surface area (Å²) < 4.78 is 0. The van der Waals surface area contributed by atoms with Crippen LogP contribution < -0.4 is 10.7 Å². The second-order valence-corrected chi connectivity index (χ2v) is 3.06. The van der Waals surface area contributed by atoms with Crippen molar-refractivity contribution in [3.63, 3.8) is 0 Å². The molecule has 1 aliphatic heterocycles. The fourth-order valence-electron chi connectivity index (χ4n) is 1.12. The van der Waals surface area contributed by atoms with Gasteiger partial charge in [-0.2, -0.15) is 0 Å². The summed E-state index contributed by atoms with van der Waals surface area (Å²) in [6, 6.07) is 0.324. The molecule has 0 spiro atoms. The van der Waals surface area contributed by atoms with E-state index < -0.39 is 0 Å². The molecule has 0 radical (unpaired) electrons. The molecule has 4 heteroatoms. The second-order valence-electron chi connectivity index (χ2n) is 3.06. The number of rotatable bonds is 3. The van der Waals surface area contributed by atoms with E-state index in [-0.39, 0.29) is 5.91 Å². The lowest BCUT2D eigenvalue weighted by Gasteiger charge is -2.15. The summed E-state index contributed by atoms with van der Waals surface area (Å²) in [5.74, 6) is 0.176. The number of carbonyl (C=O) groups excluding carboxylic acids is 1. The molecule has 1 fully saturated rings. The molecular formula is C7H15N3O. The highest BCUT2D eigenvalue weighted by Crippen LogP contribution is 2.04. The lowest BCUT2D eigenvalue weighted by Crippen LogP contribution is -2.41. The predicted octanol–water partition coefficient (Wildman–Crippen LogP) is -0.669. The minimum Gasteiger partial charge on any atom is -0.352 e. The van der Waals surface area contributed by atoms with Crippen LogP contribution in [0.3, 0.4) is 0 Å². The van der Waals surface area contributed by atoms with Crippen molar-refractivity contribution < 1.29 is 4.79 Å². The first kappa shape index (κ1) is 8.49. The summed E-state index contributed by atoms with van der Waals surface area (Å²) in [5, 5.41) is 4.77. The Hall–Kier alpha value is -0.610. The third kappa shape index (κ3) is 2.86. The molecule has 0 aromatic heterocycles. The Morgan fingerprint density at radius 1 is 1.73 bits per heavy atom. The van der Waals surface area contributed by atoms with Gasteiger partial charge in [0.05, 0.1) is 0 Å². The molecule has 0 aliphatic carbocycles. The zero-order chi connectivity index (χ0) is 8.27. The minimum absolute atomic E-state index is 0.176. The van der Waals surface area contributed by atoms with Gasteiger partial charge in [-0.05, 0) is 6.42 Å². The number of carbonyl (C=O) groups is 1. The van der Waals surface area contributed by atoms with E-state index in [4.69, 9.17) is 0 Å². The second kappa shape index (κ2) is 3.69. The quantitative estimate of drug-likeness (QED) is 0.534. The number of hydrogen-bond acceptors (Lipinski definition) is 3. The largest absolute Gasteiger partial charge is 0.352 e. The van der Waals surface area contributed by atoms with E-state index >= 15 is 0 Å². The van der Waals surface area contributed by atoms with Gasteiger partial charge in [0.25, 0.3) is 0 Å². The molecule has 0 aromatic carbocycles. The van der Waals surface area contributed by atoms with Gasteiger partial charge in [0.15, 0.2) is 0 Å². The third-order valence-corrected chi connectivity index (χ3v) is 1.74. The summed E-state index contributed by atoms with van der Waals surface area (Å²) in [4.78, 5) is 10.7. The molecule has 2 N–H and O–H groups in total. The van der Waals surface area contributed by atoms with Crippen LogP contribution >= 0.6 is 0 Å². The summed E-state index contributed by atoms with van der Waals surface area (Å²) in [5.41, 5.74) is 3.13. The highest BCUT2D eigenvalue weighted by Gasteiger charge is 2.19. The van der Waals surface area contributed by atoms with Crippen LogP contribution in [0.15, 0.2) is 0 Å². The van der Waals surface area contributed by atoms with Gasteiger partial charge in [-0.1, -0.05) is 0 Å². The van der Waals surface area contributed by atoms with Crippen LogP contribution in [-0.4, -0.2) is 37.6 Å². The van der Waals surface area contributed by atoms with Crippen molar-refractivity contribution in [1.82, 2.24) is 15.8 Å². The lowest BCUT2D eigenvalue weighted by molar-refractivity contribution is -0.119. The minimum atomic E-state index is 0.176. The van der Waals surface area contributed by atoms with Gasteiger partial charge in [-0.15, -0.1) is 0 Å². The van der Waals surface area contributed by atoms with Crippen molar-refractivity contribution in [3.05, 3.63) is 0 Å². The Balaban J connectivity index is 2.13. The van der Waals surface area contributed by atoms with Crippen molar-refractivity contribution in [3.8, 4) is 0 Å². The van der Waals surface area contributed by atoms with Crippen LogP contribution in [0, 0.1) is 0 Å². The fourth-order valence-corrected chi connectivity index (χ4v) is 1.12. The smallest absolute Gasteiger partial charge is 0.220 e. The molecule has 1 atom stereocenters. The monoisotopic (exact) mass is 157 g/mol. The van der Waals surface area contributed by atoms with E-state index in [2.05, 4.69) is 10.7 Å². The Bertz CT molecular complexity index is 147. The van der Waals surface area contributed by atoms with E-state index in [9.17, 15) is 4.79 Å². The van der Waals surface area contributed by atoms with E-state index in [0.29, 0.717) is 12.5 Å². The van der Waals surface area contributed by atoms with E-state index in [1.807, 2.05) is 19.1 Å². The molecular weight excluding hydrogens is 142 g/mol. The van der Waals surface area contributed by atoms with Crippen LogP contribution in [0.1, 0.15) is 12.8 Å². The van der Waals surface area contributed by atoms with Gasteiger partial charge in [0.1, 0.15) is 0 Å². The Kier molecular flexibility index (Phi) is 2.84. The molecule has 64 valence electrons. The molecule has 1 heterocycles. The molecule has 1 saturated heterocycles. The summed E-state index contributed by atoms with van der Waals surface area (Å²) in [6.45, 7) is 0.832. The predicted molar refractivity (Wildman–Crippen MR) is 42.9 cm³/mol. The first-order valence-electron chi connectivity index (χ1n) is 3.88. The molecule has 1 unspecified atom stereocenters. The van der Waals surface area contributed by atoms with Gasteiger partial charge in [0, 0.05) is 33.1 Å². The normalized spacial score (nSPS) is 24.3. The number of hydrazine groups is 1. The van der Waals surface area contributed by atoms with Crippen molar-refractivity contribution in [2.45, 2.75) is 18.9 Å². The van der Waals surface area contributed by atoms with Crippen molar-refractivity contribution in [2.24, 2.45) is 0 Å². The highest BCUT2D eigenvalue weighted by molar-refractivity contribution is 5.78. The maximum Gasteiger partial charge on any atom is 0.220 e. The number of amides is 1. The van der Waals surface area contributed by atoms with Crippen molar-refractivity contribution in [1.29, 1.82) is 0 Å². The van der Waals surface area contributed by atoms with Gasteiger partial charge in [-0.3, -0.25) is 15.2 Å². The Morgan fingerprint density at radius 3 is 2.91 bits per heavy atom. The zero-order valence-corrected chi connectivity index (χ0v) is 7.05.